The molecule has 1 aliphatic rings. The van der Waals surface area contributed by atoms with Gasteiger partial charge in [-0.15, -0.1) is 0 Å². The molecule has 1 aromatic carbocycles. The highest BCUT2D eigenvalue weighted by molar-refractivity contribution is 6.41. The van der Waals surface area contributed by atoms with Gasteiger partial charge in [-0.05, 0) is 25.3 Å². The van der Waals surface area contributed by atoms with Gasteiger partial charge in [-0.1, -0.05) is 29.8 Å². The normalized spacial score (nSPS) is 17.0. The Kier molecular flexibility index (Phi) is 6.78. The van der Waals surface area contributed by atoms with Gasteiger partial charge in [-0.2, -0.15) is 0 Å². The zero-order valence-electron chi connectivity index (χ0n) is 13.9. The molecular formula is C16H24BN3O4. The molecule has 1 aromatic rings. The standard InChI is InChI=1S/C16H24BN3O4/c1-12-4-6-13(7-5-12)9-18-10-15(21)20-8-2-3-14(20)16(22)19-11-17(23)24/h4-7,14,18,23-24H,2-3,8-11H2,1H3,(H,19,22). The summed E-state index contributed by atoms with van der Waals surface area (Å²) in [5, 5.41) is 23.2. The number of hydrogen-bond donors (Lipinski definition) is 4. The van der Waals surface area contributed by atoms with Crippen molar-refractivity contribution in [3.05, 3.63) is 35.4 Å². The average Bonchev–Trinajstić information content (AvgIpc) is 3.04. The summed E-state index contributed by atoms with van der Waals surface area (Å²) in [6.07, 6.45) is 1.13. The predicted molar refractivity (Wildman–Crippen MR) is 90.8 cm³/mol. The van der Waals surface area contributed by atoms with E-state index in [2.05, 4.69) is 10.6 Å². The first kappa shape index (κ1) is 18.4. The predicted octanol–water partition coefficient (Wildman–Crippen LogP) is -0.796. The lowest BCUT2D eigenvalue weighted by Gasteiger charge is -2.24. The summed E-state index contributed by atoms with van der Waals surface area (Å²) in [5.41, 5.74) is 2.29. The molecule has 0 spiro atoms. The molecule has 1 aliphatic heterocycles. The second kappa shape index (κ2) is 8.82. The van der Waals surface area contributed by atoms with Gasteiger partial charge in [-0.3, -0.25) is 9.59 Å². The Morgan fingerprint density at radius 2 is 2.00 bits per heavy atom. The van der Waals surface area contributed by atoms with E-state index < -0.39 is 13.2 Å². The van der Waals surface area contributed by atoms with Crippen LogP contribution in [0.3, 0.4) is 0 Å². The van der Waals surface area contributed by atoms with Gasteiger partial charge in [-0.25, -0.2) is 0 Å². The molecule has 2 amide bonds. The van der Waals surface area contributed by atoms with Crippen LogP contribution in [0.1, 0.15) is 24.0 Å². The van der Waals surface area contributed by atoms with Gasteiger partial charge >= 0.3 is 7.12 Å². The van der Waals surface area contributed by atoms with Gasteiger partial charge in [0.15, 0.2) is 0 Å². The van der Waals surface area contributed by atoms with Crippen molar-refractivity contribution in [2.24, 2.45) is 0 Å². The number of aryl methyl sites for hydroxylation is 1. The SMILES string of the molecule is Cc1ccc(CNCC(=O)N2CCCC2C(=O)NCB(O)O)cc1. The lowest BCUT2D eigenvalue weighted by Crippen LogP contribution is -2.50. The fourth-order valence-electron chi connectivity index (χ4n) is 2.77. The van der Waals surface area contributed by atoms with Crippen molar-refractivity contribution >= 4 is 18.9 Å². The maximum absolute atomic E-state index is 12.3. The van der Waals surface area contributed by atoms with Crippen molar-refractivity contribution in [3.8, 4) is 0 Å². The van der Waals surface area contributed by atoms with E-state index in [1.807, 2.05) is 31.2 Å². The third-order valence-electron chi connectivity index (χ3n) is 4.06. The van der Waals surface area contributed by atoms with E-state index in [1.165, 1.54) is 5.56 Å². The summed E-state index contributed by atoms with van der Waals surface area (Å²) in [7, 11) is -1.59. The second-order valence-electron chi connectivity index (χ2n) is 6.06. The molecule has 0 aromatic heterocycles. The van der Waals surface area contributed by atoms with Crippen molar-refractivity contribution in [1.82, 2.24) is 15.5 Å². The van der Waals surface area contributed by atoms with Gasteiger partial charge in [0.25, 0.3) is 0 Å². The molecule has 7 nitrogen and oxygen atoms in total. The summed E-state index contributed by atoms with van der Waals surface area (Å²) in [4.78, 5) is 25.9. The third kappa shape index (κ3) is 5.33. The Balaban J connectivity index is 1.79. The molecule has 130 valence electrons. The highest BCUT2D eigenvalue weighted by atomic mass is 16.4. The minimum atomic E-state index is -1.59. The molecule has 1 fully saturated rings. The molecule has 4 N–H and O–H groups in total. The molecule has 24 heavy (non-hydrogen) atoms. The summed E-state index contributed by atoms with van der Waals surface area (Å²) in [5.74, 6) is -0.461. The number of hydrogen-bond acceptors (Lipinski definition) is 5. The van der Waals surface area contributed by atoms with Gasteiger partial charge in [0.2, 0.25) is 11.8 Å². The second-order valence-corrected chi connectivity index (χ2v) is 6.06. The van der Waals surface area contributed by atoms with Gasteiger partial charge in [0.05, 0.1) is 13.0 Å². The molecule has 0 aliphatic carbocycles. The number of carbonyl (C=O) groups is 2. The van der Waals surface area contributed by atoms with E-state index in [1.54, 1.807) is 4.90 Å². The van der Waals surface area contributed by atoms with Crippen LogP contribution >= 0.6 is 0 Å². The van der Waals surface area contributed by atoms with Crippen molar-refractivity contribution in [1.29, 1.82) is 0 Å². The Morgan fingerprint density at radius 1 is 1.29 bits per heavy atom. The van der Waals surface area contributed by atoms with Crippen molar-refractivity contribution in [3.63, 3.8) is 0 Å². The van der Waals surface area contributed by atoms with Crippen LogP contribution in [0.15, 0.2) is 24.3 Å². The molecule has 0 radical (unpaired) electrons. The monoisotopic (exact) mass is 333 g/mol. The van der Waals surface area contributed by atoms with E-state index in [0.29, 0.717) is 19.5 Å². The molecule has 1 heterocycles. The number of benzene rings is 1. The molecule has 1 unspecified atom stereocenters. The minimum Gasteiger partial charge on any atom is -0.426 e. The van der Waals surface area contributed by atoms with E-state index in [9.17, 15) is 9.59 Å². The molecular weight excluding hydrogens is 309 g/mol. The number of nitrogens with one attached hydrogen (secondary N) is 2. The van der Waals surface area contributed by atoms with Gasteiger partial charge < -0.3 is 25.6 Å². The number of amides is 2. The fraction of sp³-hybridized carbons (Fsp3) is 0.500. The zero-order valence-corrected chi connectivity index (χ0v) is 13.9. The van der Waals surface area contributed by atoms with Crippen LogP contribution in [0.2, 0.25) is 0 Å². The van der Waals surface area contributed by atoms with Crippen molar-refractivity contribution < 1.29 is 19.6 Å². The minimum absolute atomic E-state index is 0.121. The highest BCUT2D eigenvalue weighted by Crippen LogP contribution is 2.17. The lowest BCUT2D eigenvalue weighted by molar-refractivity contribution is -0.137. The number of likely N-dealkylation sites (tertiary alicyclic amines) is 1. The largest absolute Gasteiger partial charge is 0.472 e. The molecule has 8 heteroatoms. The first-order valence-electron chi connectivity index (χ1n) is 8.17. The van der Waals surface area contributed by atoms with Crippen LogP contribution in [0.25, 0.3) is 0 Å². The lowest BCUT2D eigenvalue weighted by atomic mass is 9.92. The summed E-state index contributed by atoms with van der Waals surface area (Å²) in [6, 6.07) is 7.54. The van der Waals surface area contributed by atoms with Crippen LogP contribution < -0.4 is 10.6 Å². The van der Waals surface area contributed by atoms with Crippen molar-refractivity contribution in [2.75, 3.05) is 19.5 Å². The average molecular weight is 333 g/mol. The van der Waals surface area contributed by atoms with E-state index in [-0.39, 0.29) is 24.8 Å². The van der Waals surface area contributed by atoms with Gasteiger partial charge in [0.1, 0.15) is 6.04 Å². The Morgan fingerprint density at radius 3 is 2.67 bits per heavy atom. The molecule has 1 atom stereocenters. The fourth-order valence-corrected chi connectivity index (χ4v) is 2.77. The Labute approximate surface area is 142 Å². The van der Waals surface area contributed by atoms with E-state index in [0.717, 1.165) is 12.0 Å². The van der Waals surface area contributed by atoms with Crippen LogP contribution in [0.4, 0.5) is 0 Å². The summed E-state index contributed by atoms with van der Waals surface area (Å²) < 4.78 is 0. The smallest absolute Gasteiger partial charge is 0.426 e. The van der Waals surface area contributed by atoms with Crippen LogP contribution in [0, 0.1) is 6.92 Å². The maximum Gasteiger partial charge on any atom is 0.472 e. The Hall–Kier alpha value is -1.90. The topological polar surface area (TPSA) is 102 Å². The highest BCUT2D eigenvalue weighted by Gasteiger charge is 2.33. The zero-order chi connectivity index (χ0) is 17.5. The summed E-state index contributed by atoms with van der Waals surface area (Å²) in [6.45, 7) is 3.33. The third-order valence-corrected chi connectivity index (χ3v) is 4.06. The number of rotatable bonds is 7. The van der Waals surface area contributed by atoms with Crippen LogP contribution in [0.5, 0.6) is 0 Å². The Bertz CT molecular complexity index is 565. The number of nitrogens with zero attached hydrogens (tertiary/aromatic N) is 1. The van der Waals surface area contributed by atoms with Crippen molar-refractivity contribution in [2.45, 2.75) is 32.4 Å². The quantitative estimate of drug-likeness (QED) is 0.490. The first-order chi connectivity index (χ1) is 11.5. The molecule has 0 saturated carbocycles. The first-order valence-corrected chi connectivity index (χ1v) is 8.17. The van der Waals surface area contributed by atoms with E-state index in [4.69, 9.17) is 10.0 Å². The molecule has 2 rings (SSSR count). The van der Waals surface area contributed by atoms with Gasteiger partial charge in [0, 0.05) is 13.1 Å². The number of carbonyl (C=O) groups excluding carboxylic acids is 2. The van der Waals surface area contributed by atoms with Crippen LogP contribution in [-0.4, -0.2) is 59.5 Å². The molecule has 1 saturated heterocycles. The van der Waals surface area contributed by atoms with E-state index >= 15 is 0 Å². The molecule has 0 bridgehead atoms. The maximum atomic E-state index is 12.3. The summed E-state index contributed by atoms with van der Waals surface area (Å²) >= 11 is 0. The van der Waals surface area contributed by atoms with Crippen LogP contribution in [-0.2, 0) is 16.1 Å².